The Morgan fingerprint density at radius 2 is 1.91 bits per heavy atom. The first kappa shape index (κ1) is 21.1. The maximum Gasteiger partial charge on any atom is 0.263 e. The Labute approximate surface area is 192 Å². The number of hydrogen-bond acceptors (Lipinski definition) is 5. The van der Waals surface area contributed by atoms with Gasteiger partial charge in [0, 0.05) is 17.6 Å². The van der Waals surface area contributed by atoms with Crippen LogP contribution in [-0.2, 0) is 0 Å². The average molecular weight is 451 g/mol. The molecule has 2 aromatic carbocycles. The number of piperidine rings is 1. The van der Waals surface area contributed by atoms with Gasteiger partial charge in [-0.05, 0) is 75.0 Å². The number of aryl methyl sites for hydroxylation is 1. The number of nitrogens with zero attached hydrogens (tertiary/aromatic N) is 2. The molecule has 0 atom stereocenters. The first-order valence-corrected chi connectivity index (χ1v) is 11.6. The van der Waals surface area contributed by atoms with Gasteiger partial charge in [0.05, 0.1) is 18.2 Å². The van der Waals surface area contributed by atoms with Gasteiger partial charge in [-0.25, -0.2) is 4.98 Å². The second kappa shape index (κ2) is 9.39. The number of oxazole rings is 1. The molecule has 0 saturated carbocycles. The van der Waals surface area contributed by atoms with Crippen molar-refractivity contribution >= 4 is 22.6 Å². The van der Waals surface area contributed by atoms with Gasteiger partial charge in [0.15, 0.2) is 5.76 Å². The smallest absolute Gasteiger partial charge is 0.263 e. The van der Waals surface area contributed by atoms with Crippen LogP contribution in [0.3, 0.4) is 0 Å². The first-order valence-electron chi connectivity index (χ1n) is 11.2. The van der Waals surface area contributed by atoms with Crippen molar-refractivity contribution in [3.05, 3.63) is 71.1 Å². The maximum absolute atomic E-state index is 6.12. The van der Waals surface area contributed by atoms with E-state index in [1.54, 1.807) is 6.20 Å². The summed E-state index contributed by atoms with van der Waals surface area (Å²) in [6, 6.07) is 16.1. The minimum atomic E-state index is 0.492. The van der Waals surface area contributed by atoms with Crippen LogP contribution in [0.15, 0.2) is 63.6 Å². The summed E-state index contributed by atoms with van der Waals surface area (Å²) in [6.45, 7) is 5.85. The molecule has 1 fully saturated rings. The third-order valence-electron chi connectivity index (χ3n) is 6.16. The molecule has 0 aliphatic carbocycles. The molecule has 4 aromatic rings. The topological polar surface area (TPSA) is 51.6 Å². The van der Waals surface area contributed by atoms with Gasteiger partial charge in [-0.2, -0.15) is 0 Å². The van der Waals surface area contributed by atoms with Crippen molar-refractivity contribution in [2.45, 2.75) is 32.1 Å². The fourth-order valence-corrected chi connectivity index (χ4v) is 4.56. The van der Waals surface area contributed by atoms with Crippen LogP contribution >= 0.6 is 11.6 Å². The van der Waals surface area contributed by atoms with Gasteiger partial charge >= 0.3 is 0 Å². The van der Waals surface area contributed by atoms with Crippen LogP contribution in [-0.4, -0.2) is 36.1 Å². The van der Waals surface area contributed by atoms with Crippen molar-refractivity contribution in [1.29, 1.82) is 0 Å². The van der Waals surface area contributed by atoms with Gasteiger partial charge < -0.3 is 18.5 Å². The summed E-state index contributed by atoms with van der Waals surface area (Å²) in [5.41, 5.74) is 2.18. The molecule has 5 rings (SSSR count). The van der Waals surface area contributed by atoms with Crippen molar-refractivity contribution in [3.63, 3.8) is 0 Å². The predicted molar refractivity (Wildman–Crippen MR) is 126 cm³/mol. The number of likely N-dealkylation sites (tertiary alicyclic amines) is 1. The Hall–Kier alpha value is -2.76. The summed E-state index contributed by atoms with van der Waals surface area (Å²) >= 11 is 6.02. The van der Waals surface area contributed by atoms with Crippen molar-refractivity contribution in [3.8, 4) is 17.4 Å². The lowest BCUT2D eigenvalue weighted by molar-refractivity contribution is 0.193. The third kappa shape index (κ3) is 4.69. The molecule has 1 aliphatic heterocycles. The number of ether oxygens (including phenoxy) is 1. The molecule has 2 aromatic heterocycles. The van der Waals surface area contributed by atoms with E-state index in [-0.39, 0.29) is 0 Å². The van der Waals surface area contributed by atoms with Crippen molar-refractivity contribution < 1.29 is 13.6 Å². The molecule has 0 bridgehead atoms. The molecule has 166 valence electrons. The predicted octanol–water partition coefficient (Wildman–Crippen LogP) is 6.70. The Bertz CT molecular complexity index is 1170. The Morgan fingerprint density at radius 3 is 2.66 bits per heavy atom. The van der Waals surface area contributed by atoms with Gasteiger partial charge in [0.2, 0.25) is 0 Å². The van der Waals surface area contributed by atoms with E-state index in [0.717, 1.165) is 53.6 Å². The summed E-state index contributed by atoms with van der Waals surface area (Å²) in [5.74, 6) is 3.34. The molecule has 1 saturated heterocycles. The second-order valence-electron chi connectivity index (χ2n) is 8.42. The van der Waals surface area contributed by atoms with Gasteiger partial charge in [0.25, 0.3) is 5.89 Å². The van der Waals surface area contributed by atoms with E-state index in [2.05, 4.69) is 22.0 Å². The van der Waals surface area contributed by atoms with Crippen molar-refractivity contribution in [1.82, 2.24) is 9.88 Å². The van der Waals surface area contributed by atoms with E-state index in [4.69, 9.17) is 25.2 Å². The molecule has 1 aliphatic rings. The van der Waals surface area contributed by atoms with E-state index in [0.29, 0.717) is 24.2 Å². The minimum Gasteiger partial charge on any atom is -0.493 e. The van der Waals surface area contributed by atoms with Gasteiger partial charge in [-0.3, -0.25) is 0 Å². The zero-order valence-corrected chi connectivity index (χ0v) is 19.0. The highest BCUT2D eigenvalue weighted by atomic mass is 35.5. The molecule has 0 radical (unpaired) electrons. The largest absolute Gasteiger partial charge is 0.493 e. The van der Waals surface area contributed by atoms with E-state index in [1.165, 1.54) is 18.4 Å². The molecule has 0 N–H and O–H groups in total. The number of benzene rings is 2. The minimum absolute atomic E-state index is 0.492. The fraction of sp³-hybridized carbons (Fsp3) is 0.346. The quantitative estimate of drug-likeness (QED) is 0.293. The van der Waals surface area contributed by atoms with Gasteiger partial charge in [0.1, 0.15) is 17.1 Å². The Balaban J connectivity index is 1.12. The SMILES string of the molecule is Cc1cnc(-c2cc3c(OCCCN4CCC(c5ccc(Cl)cc5)CC4)cccc3o2)o1. The number of halogens is 1. The van der Waals surface area contributed by atoms with Crippen LogP contribution < -0.4 is 4.74 Å². The van der Waals surface area contributed by atoms with E-state index >= 15 is 0 Å². The second-order valence-corrected chi connectivity index (χ2v) is 8.86. The number of rotatable bonds is 7. The summed E-state index contributed by atoms with van der Waals surface area (Å²) in [5, 5.41) is 1.75. The summed E-state index contributed by atoms with van der Waals surface area (Å²) in [7, 11) is 0. The van der Waals surface area contributed by atoms with Crippen LogP contribution in [0.25, 0.3) is 22.6 Å². The lowest BCUT2D eigenvalue weighted by atomic mass is 9.89. The lowest BCUT2D eigenvalue weighted by Gasteiger charge is -2.32. The van der Waals surface area contributed by atoms with Gasteiger partial charge in [-0.15, -0.1) is 0 Å². The normalized spacial score (nSPS) is 15.4. The van der Waals surface area contributed by atoms with E-state index in [9.17, 15) is 0 Å². The zero-order chi connectivity index (χ0) is 21.9. The highest BCUT2D eigenvalue weighted by Gasteiger charge is 2.20. The lowest BCUT2D eigenvalue weighted by Crippen LogP contribution is -2.34. The summed E-state index contributed by atoms with van der Waals surface area (Å²) in [4.78, 5) is 6.79. The Morgan fingerprint density at radius 1 is 1.09 bits per heavy atom. The average Bonchev–Trinajstić information content (AvgIpc) is 3.44. The van der Waals surface area contributed by atoms with Crippen molar-refractivity contribution in [2.24, 2.45) is 0 Å². The molecule has 32 heavy (non-hydrogen) atoms. The van der Waals surface area contributed by atoms with Crippen LogP contribution in [0.1, 0.15) is 36.5 Å². The molecule has 0 spiro atoms. The zero-order valence-electron chi connectivity index (χ0n) is 18.2. The molecular weight excluding hydrogens is 424 g/mol. The highest BCUT2D eigenvalue weighted by Crippen LogP contribution is 2.33. The number of furan rings is 1. The number of aromatic nitrogens is 1. The molecule has 0 amide bonds. The molecule has 0 unspecified atom stereocenters. The monoisotopic (exact) mass is 450 g/mol. The van der Waals surface area contributed by atoms with Crippen LogP contribution in [0.4, 0.5) is 0 Å². The Kier molecular flexibility index (Phi) is 6.19. The molecule has 3 heterocycles. The maximum atomic E-state index is 6.12. The summed E-state index contributed by atoms with van der Waals surface area (Å²) < 4.78 is 17.6. The van der Waals surface area contributed by atoms with E-state index < -0.39 is 0 Å². The molecule has 6 heteroatoms. The molecular formula is C26H27ClN2O3. The number of hydrogen-bond donors (Lipinski definition) is 0. The van der Waals surface area contributed by atoms with Crippen LogP contribution in [0, 0.1) is 6.92 Å². The van der Waals surface area contributed by atoms with E-state index in [1.807, 2.05) is 43.3 Å². The van der Waals surface area contributed by atoms with Crippen LogP contribution in [0.5, 0.6) is 5.75 Å². The summed E-state index contributed by atoms with van der Waals surface area (Å²) in [6.07, 6.45) is 5.07. The van der Waals surface area contributed by atoms with Gasteiger partial charge in [-0.1, -0.05) is 29.8 Å². The number of fused-ring (bicyclic) bond motifs is 1. The highest BCUT2D eigenvalue weighted by molar-refractivity contribution is 6.30. The van der Waals surface area contributed by atoms with Crippen molar-refractivity contribution in [2.75, 3.05) is 26.2 Å². The fourth-order valence-electron chi connectivity index (χ4n) is 4.43. The third-order valence-corrected chi connectivity index (χ3v) is 6.41. The first-order chi connectivity index (χ1) is 15.7. The van der Waals surface area contributed by atoms with Crippen LogP contribution in [0.2, 0.25) is 5.02 Å². The molecule has 5 nitrogen and oxygen atoms in total. The standard InChI is InChI=1S/C26H27ClN2O3/c1-18-17-28-26(31-18)25-16-22-23(4-2-5-24(22)32-25)30-15-3-12-29-13-10-20(11-14-29)19-6-8-21(27)9-7-19/h2,4-9,16-17,20H,3,10-15H2,1H3.